The Labute approximate surface area is 125 Å². The third-order valence-corrected chi connectivity index (χ3v) is 4.85. The molecule has 5 heteroatoms. The fraction of sp³-hybridized carbons (Fsp3) is 0.357. The molecular weight excluding hydrogens is 305 g/mol. The Kier molecular flexibility index (Phi) is 3.50. The molecule has 1 N–H and O–H groups in total. The minimum Gasteiger partial charge on any atom is -0.357 e. The van der Waals surface area contributed by atoms with Gasteiger partial charge in [0.05, 0.1) is 26.0 Å². The first-order valence-corrected chi connectivity index (χ1v) is 7.41. The zero-order valence-electron chi connectivity index (χ0n) is 10.1. The summed E-state index contributed by atoms with van der Waals surface area (Å²) in [5.41, 5.74) is 1.42. The monoisotopic (exact) mass is 315 g/mol. The number of benzene rings is 1. The van der Waals surface area contributed by atoms with Crippen molar-refractivity contribution in [3.8, 4) is 0 Å². The molecule has 100 valence electrons. The first-order valence-electron chi connectivity index (χ1n) is 6.28. The van der Waals surface area contributed by atoms with E-state index in [1.165, 1.54) is 12.8 Å². The minimum atomic E-state index is -0.120. The summed E-state index contributed by atoms with van der Waals surface area (Å²) < 4.78 is 0. The van der Waals surface area contributed by atoms with Gasteiger partial charge in [-0.05, 0) is 24.8 Å². The van der Waals surface area contributed by atoms with E-state index in [9.17, 15) is 4.79 Å². The molecule has 2 aromatic rings. The van der Waals surface area contributed by atoms with Crippen LogP contribution in [-0.2, 0) is 0 Å². The van der Waals surface area contributed by atoms with Crippen LogP contribution in [0.5, 0.6) is 0 Å². The van der Waals surface area contributed by atoms with Crippen LogP contribution in [0.2, 0.25) is 15.1 Å². The van der Waals surface area contributed by atoms with E-state index in [4.69, 9.17) is 34.8 Å². The zero-order valence-corrected chi connectivity index (χ0v) is 12.4. The van der Waals surface area contributed by atoms with E-state index in [1.54, 1.807) is 12.1 Å². The second-order valence-electron chi connectivity index (χ2n) is 4.97. The van der Waals surface area contributed by atoms with E-state index >= 15 is 0 Å². The maximum atomic E-state index is 12.3. The number of halogens is 3. The number of hydrogen-bond donors (Lipinski definition) is 1. The van der Waals surface area contributed by atoms with Gasteiger partial charge in [-0.25, -0.2) is 0 Å². The van der Waals surface area contributed by atoms with E-state index in [0.717, 1.165) is 18.5 Å². The predicted octanol–water partition coefficient (Wildman–Crippen LogP) is 5.15. The van der Waals surface area contributed by atoms with E-state index in [1.807, 2.05) is 0 Å². The van der Waals surface area contributed by atoms with Gasteiger partial charge >= 0.3 is 0 Å². The highest BCUT2D eigenvalue weighted by atomic mass is 35.5. The zero-order chi connectivity index (χ0) is 13.6. The van der Waals surface area contributed by atoms with Crippen molar-refractivity contribution in [1.29, 1.82) is 0 Å². The highest BCUT2D eigenvalue weighted by molar-refractivity contribution is 6.47. The molecule has 1 saturated carbocycles. The maximum absolute atomic E-state index is 12.3. The Balaban J connectivity index is 2.29. The van der Waals surface area contributed by atoms with Gasteiger partial charge < -0.3 is 4.98 Å². The van der Waals surface area contributed by atoms with Gasteiger partial charge in [-0.1, -0.05) is 47.6 Å². The van der Waals surface area contributed by atoms with Crippen LogP contribution < -0.4 is 5.43 Å². The predicted molar refractivity (Wildman–Crippen MR) is 80.8 cm³/mol. The summed E-state index contributed by atoms with van der Waals surface area (Å²) in [6.45, 7) is 0. The van der Waals surface area contributed by atoms with Crippen molar-refractivity contribution >= 4 is 45.7 Å². The lowest BCUT2D eigenvalue weighted by Crippen LogP contribution is -2.08. The molecule has 1 aromatic heterocycles. The first-order chi connectivity index (χ1) is 9.08. The van der Waals surface area contributed by atoms with Gasteiger partial charge in [-0.3, -0.25) is 4.79 Å². The molecule has 1 fully saturated rings. The Morgan fingerprint density at radius 3 is 2.42 bits per heavy atom. The summed E-state index contributed by atoms with van der Waals surface area (Å²) in [5.74, 6) is 0.419. The summed E-state index contributed by atoms with van der Waals surface area (Å²) in [6.07, 6.45) is 4.64. The number of aromatic nitrogens is 1. The smallest absolute Gasteiger partial charge is 0.191 e. The van der Waals surface area contributed by atoms with Crippen molar-refractivity contribution in [3.05, 3.63) is 43.1 Å². The third kappa shape index (κ3) is 2.26. The second kappa shape index (κ2) is 5.01. The van der Waals surface area contributed by atoms with E-state index in [2.05, 4.69) is 4.98 Å². The first kappa shape index (κ1) is 13.3. The number of hydrogen-bond acceptors (Lipinski definition) is 1. The normalized spacial score (nSPS) is 16.4. The molecule has 1 aliphatic carbocycles. The number of nitrogens with one attached hydrogen (secondary N) is 1. The van der Waals surface area contributed by atoms with Gasteiger partial charge in [0, 0.05) is 11.8 Å². The lowest BCUT2D eigenvalue weighted by Gasteiger charge is -2.12. The van der Waals surface area contributed by atoms with Crippen molar-refractivity contribution in [1.82, 2.24) is 4.98 Å². The maximum Gasteiger partial charge on any atom is 0.191 e. The van der Waals surface area contributed by atoms with Crippen LogP contribution in [-0.4, -0.2) is 4.98 Å². The molecule has 19 heavy (non-hydrogen) atoms. The SMILES string of the molecule is O=c1cc(C2CCCC2)[nH]c2c(Cl)cc(Cl)c(Cl)c12. The number of rotatable bonds is 1. The average Bonchev–Trinajstić information content (AvgIpc) is 2.89. The molecule has 1 aromatic carbocycles. The Hall–Kier alpha value is -0.700. The molecule has 0 unspecified atom stereocenters. The number of pyridine rings is 1. The summed E-state index contributed by atoms with van der Waals surface area (Å²) in [7, 11) is 0. The summed E-state index contributed by atoms with van der Waals surface area (Å²) in [4.78, 5) is 15.5. The lowest BCUT2D eigenvalue weighted by atomic mass is 10.0. The second-order valence-corrected chi connectivity index (χ2v) is 6.17. The van der Waals surface area contributed by atoms with Crippen LogP contribution in [0.3, 0.4) is 0 Å². The standard InChI is InChI=1S/C14H12Cl3NO/c15-8-5-9(16)14-12(13(8)17)11(19)6-10(18-14)7-3-1-2-4-7/h5-7H,1-4H2,(H,18,19). The summed E-state index contributed by atoms with van der Waals surface area (Å²) >= 11 is 18.2. The van der Waals surface area contributed by atoms with Gasteiger partial charge in [-0.2, -0.15) is 0 Å². The van der Waals surface area contributed by atoms with Gasteiger partial charge in [-0.15, -0.1) is 0 Å². The average molecular weight is 317 g/mol. The van der Waals surface area contributed by atoms with Crippen LogP contribution in [0.4, 0.5) is 0 Å². The third-order valence-electron chi connectivity index (χ3n) is 3.77. The lowest BCUT2D eigenvalue weighted by molar-refractivity contribution is 0.700. The van der Waals surface area contributed by atoms with E-state index < -0.39 is 0 Å². The van der Waals surface area contributed by atoms with Crippen LogP contribution in [0.1, 0.15) is 37.3 Å². The van der Waals surface area contributed by atoms with Crippen molar-refractivity contribution in [2.24, 2.45) is 0 Å². The van der Waals surface area contributed by atoms with E-state index in [-0.39, 0.29) is 10.5 Å². The van der Waals surface area contributed by atoms with Crippen LogP contribution >= 0.6 is 34.8 Å². The van der Waals surface area contributed by atoms with Crippen molar-refractivity contribution in [3.63, 3.8) is 0 Å². The van der Waals surface area contributed by atoms with Gasteiger partial charge in [0.25, 0.3) is 0 Å². The fourth-order valence-corrected chi connectivity index (χ4v) is 3.55. The number of H-pyrrole nitrogens is 1. The molecule has 0 spiro atoms. The molecule has 2 nitrogen and oxygen atoms in total. The van der Waals surface area contributed by atoms with Gasteiger partial charge in [0.2, 0.25) is 0 Å². The molecule has 0 amide bonds. The molecule has 0 bridgehead atoms. The van der Waals surface area contributed by atoms with Crippen LogP contribution in [0.15, 0.2) is 16.9 Å². The minimum absolute atomic E-state index is 0.120. The molecular formula is C14H12Cl3NO. The number of fused-ring (bicyclic) bond motifs is 1. The summed E-state index contributed by atoms with van der Waals surface area (Å²) in [5, 5.41) is 1.38. The molecule has 3 rings (SSSR count). The molecule has 0 atom stereocenters. The molecule has 0 saturated heterocycles. The Morgan fingerprint density at radius 1 is 1.05 bits per heavy atom. The van der Waals surface area contributed by atoms with Crippen molar-refractivity contribution in [2.45, 2.75) is 31.6 Å². The topological polar surface area (TPSA) is 32.9 Å². The molecule has 0 radical (unpaired) electrons. The van der Waals surface area contributed by atoms with Crippen LogP contribution in [0, 0.1) is 0 Å². The molecule has 1 heterocycles. The van der Waals surface area contributed by atoms with Gasteiger partial charge in [0.15, 0.2) is 5.43 Å². The van der Waals surface area contributed by atoms with Crippen molar-refractivity contribution < 1.29 is 0 Å². The number of aromatic amines is 1. The largest absolute Gasteiger partial charge is 0.357 e. The van der Waals surface area contributed by atoms with E-state index in [0.29, 0.717) is 26.9 Å². The van der Waals surface area contributed by atoms with Crippen LogP contribution in [0.25, 0.3) is 10.9 Å². The highest BCUT2D eigenvalue weighted by Gasteiger charge is 2.20. The Morgan fingerprint density at radius 2 is 1.74 bits per heavy atom. The highest BCUT2D eigenvalue weighted by Crippen LogP contribution is 2.36. The van der Waals surface area contributed by atoms with Gasteiger partial charge in [0.1, 0.15) is 0 Å². The summed E-state index contributed by atoms with van der Waals surface area (Å²) in [6, 6.07) is 3.21. The van der Waals surface area contributed by atoms with Crippen molar-refractivity contribution in [2.75, 3.05) is 0 Å². The molecule has 1 aliphatic rings. The fourth-order valence-electron chi connectivity index (χ4n) is 2.80. The molecule has 0 aliphatic heterocycles. The quantitative estimate of drug-likeness (QED) is 0.725. The Bertz CT molecular complexity index is 702.